The molecule has 0 aliphatic carbocycles. The first kappa shape index (κ1) is 18.5. The molecule has 0 fully saturated rings. The number of hydrogen-bond donors (Lipinski definition) is 0. The molecule has 0 amide bonds. The molecule has 2 aromatic carbocycles. The molecular weight excluding hydrogens is 349 g/mol. The first-order valence-electron chi connectivity index (χ1n) is 8.59. The molecule has 0 aliphatic heterocycles. The molecule has 0 N–H and O–H groups in total. The number of aromatic nitrogens is 3. The first-order chi connectivity index (χ1) is 12.6. The van der Waals surface area contributed by atoms with Gasteiger partial charge in [-0.25, -0.2) is 4.68 Å². The fraction of sp³-hybridized carbons (Fsp3) is 0.263. The van der Waals surface area contributed by atoms with E-state index in [9.17, 15) is 4.57 Å². The van der Waals surface area contributed by atoms with Crippen LogP contribution in [0.3, 0.4) is 0 Å². The average molecular weight is 371 g/mol. The molecule has 0 bridgehead atoms. The van der Waals surface area contributed by atoms with Gasteiger partial charge in [0.2, 0.25) is 0 Å². The van der Waals surface area contributed by atoms with Gasteiger partial charge in [-0.3, -0.25) is 4.57 Å². The van der Waals surface area contributed by atoms with Crippen LogP contribution in [0.5, 0.6) is 0 Å². The summed E-state index contributed by atoms with van der Waals surface area (Å²) in [4.78, 5) is 0. The summed E-state index contributed by atoms with van der Waals surface area (Å²) in [5, 5.41) is 8.95. The van der Waals surface area contributed by atoms with Crippen LogP contribution in [0.4, 0.5) is 0 Å². The fourth-order valence-corrected chi connectivity index (χ4v) is 4.19. The Balaban J connectivity index is 1.77. The molecule has 0 saturated heterocycles. The maximum atomic E-state index is 12.8. The van der Waals surface area contributed by atoms with Crippen LogP contribution >= 0.6 is 7.60 Å². The summed E-state index contributed by atoms with van der Waals surface area (Å²) >= 11 is 0. The Bertz CT molecular complexity index is 869. The fourth-order valence-electron chi connectivity index (χ4n) is 2.62. The molecule has 136 valence electrons. The van der Waals surface area contributed by atoms with Gasteiger partial charge in [0.25, 0.3) is 0 Å². The topological polar surface area (TPSA) is 66.2 Å². The van der Waals surface area contributed by atoms with Crippen LogP contribution in [0.15, 0.2) is 60.8 Å². The summed E-state index contributed by atoms with van der Waals surface area (Å²) < 4.78 is 25.3. The highest BCUT2D eigenvalue weighted by molar-refractivity contribution is 7.62. The predicted molar refractivity (Wildman–Crippen MR) is 101 cm³/mol. The largest absolute Gasteiger partial charge is 0.361 e. The third kappa shape index (κ3) is 4.28. The maximum Gasteiger partial charge on any atom is 0.361 e. The monoisotopic (exact) mass is 371 g/mol. The van der Waals surface area contributed by atoms with Gasteiger partial charge in [0, 0.05) is 5.56 Å². The van der Waals surface area contributed by atoms with Crippen LogP contribution in [0.25, 0.3) is 11.3 Å². The van der Waals surface area contributed by atoms with Crippen molar-refractivity contribution in [1.29, 1.82) is 0 Å². The van der Waals surface area contributed by atoms with Gasteiger partial charge >= 0.3 is 7.60 Å². The summed E-state index contributed by atoms with van der Waals surface area (Å²) in [5.74, 6) is 0. The van der Waals surface area contributed by atoms with Gasteiger partial charge in [-0.05, 0) is 31.5 Å². The molecule has 1 aromatic heterocycles. The molecule has 0 aliphatic rings. The highest BCUT2D eigenvalue weighted by Gasteiger charge is 2.26. The van der Waals surface area contributed by atoms with Crippen LogP contribution in [0.1, 0.15) is 19.4 Å². The lowest BCUT2D eigenvalue weighted by Crippen LogP contribution is -2.10. The number of nitrogens with zero attached hydrogens (tertiary/aromatic N) is 3. The Kier molecular flexibility index (Phi) is 5.99. The molecule has 0 spiro atoms. The summed E-state index contributed by atoms with van der Waals surface area (Å²) in [6, 6.07) is 17.3. The van der Waals surface area contributed by atoms with Crippen molar-refractivity contribution in [2.24, 2.45) is 0 Å². The molecule has 7 heteroatoms. The molecule has 0 saturated carbocycles. The molecule has 0 radical (unpaired) electrons. The summed E-state index contributed by atoms with van der Waals surface area (Å²) in [6.07, 6.45) is 1.90. The summed E-state index contributed by atoms with van der Waals surface area (Å²) in [7, 11) is -3.26. The van der Waals surface area contributed by atoms with Crippen molar-refractivity contribution < 1.29 is 13.6 Å². The second-order valence-corrected chi connectivity index (χ2v) is 7.69. The predicted octanol–water partition coefficient (Wildman–Crippen LogP) is 3.88. The SMILES string of the molecule is CCOP(=O)(OCC)c1ccc(-c2cn(Cc3ccccc3)nn2)cc1. The van der Waals surface area contributed by atoms with E-state index in [2.05, 4.69) is 22.4 Å². The van der Waals surface area contributed by atoms with E-state index in [4.69, 9.17) is 9.05 Å². The second kappa shape index (κ2) is 8.41. The van der Waals surface area contributed by atoms with Crippen molar-refractivity contribution in [1.82, 2.24) is 15.0 Å². The quantitative estimate of drug-likeness (QED) is 0.562. The third-order valence-electron chi connectivity index (χ3n) is 3.80. The van der Waals surface area contributed by atoms with Crippen molar-refractivity contribution in [3.8, 4) is 11.3 Å². The minimum absolute atomic E-state index is 0.326. The van der Waals surface area contributed by atoms with Crippen LogP contribution in [0, 0.1) is 0 Å². The lowest BCUT2D eigenvalue weighted by Gasteiger charge is -2.17. The van der Waals surface area contributed by atoms with Crippen molar-refractivity contribution in [2.75, 3.05) is 13.2 Å². The van der Waals surface area contributed by atoms with Gasteiger partial charge in [-0.2, -0.15) is 0 Å². The smallest absolute Gasteiger partial charge is 0.305 e. The number of hydrogen-bond acceptors (Lipinski definition) is 5. The van der Waals surface area contributed by atoms with Crippen molar-refractivity contribution in [3.63, 3.8) is 0 Å². The highest BCUT2D eigenvalue weighted by atomic mass is 31.2. The van der Waals surface area contributed by atoms with E-state index in [0.717, 1.165) is 16.8 Å². The zero-order chi connectivity index (χ0) is 18.4. The van der Waals surface area contributed by atoms with Crippen LogP contribution < -0.4 is 5.30 Å². The van der Waals surface area contributed by atoms with Crippen LogP contribution in [-0.2, 0) is 20.2 Å². The highest BCUT2D eigenvalue weighted by Crippen LogP contribution is 2.46. The van der Waals surface area contributed by atoms with E-state index in [0.29, 0.717) is 25.1 Å². The van der Waals surface area contributed by atoms with Crippen LogP contribution in [-0.4, -0.2) is 28.2 Å². The standard InChI is InChI=1S/C19H22N3O3P/c1-3-24-26(23,25-4-2)18-12-10-17(11-13-18)19-15-22(21-20-19)14-16-8-6-5-7-9-16/h5-13,15H,3-4,14H2,1-2H3. The Labute approximate surface area is 153 Å². The Hall–Kier alpha value is -2.27. The Morgan fingerprint density at radius 2 is 1.62 bits per heavy atom. The van der Waals surface area contributed by atoms with E-state index in [1.807, 2.05) is 36.5 Å². The molecule has 6 nitrogen and oxygen atoms in total. The van der Waals surface area contributed by atoms with E-state index >= 15 is 0 Å². The minimum Gasteiger partial charge on any atom is -0.305 e. The summed E-state index contributed by atoms with van der Waals surface area (Å²) in [6.45, 7) is 4.91. The van der Waals surface area contributed by atoms with Crippen molar-refractivity contribution in [2.45, 2.75) is 20.4 Å². The van der Waals surface area contributed by atoms with Crippen LogP contribution in [0.2, 0.25) is 0 Å². The molecule has 0 unspecified atom stereocenters. The lowest BCUT2D eigenvalue weighted by molar-refractivity contribution is 0.230. The van der Waals surface area contributed by atoms with E-state index < -0.39 is 7.60 Å². The van der Waals surface area contributed by atoms with E-state index in [1.54, 1.807) is 30.7 Å². The second-order valence-electron chi connectivity index (χ2n) is 5.67. The van der Waals surface area contributed by atoms with Crippen molar-refractivity contribution >= 4 is 12.9 Å². The first-order valence-corrected chi connectivity index (χ1v) is 10.1. The van der Waals surface area contributed by atoms with Gasteiger partial charge < -0.3 is 9.05 Å². The average Bonchev–Trinajstić information content (AvgIpc) is 3.12. The van der Waals surface area contributed by atoms with Gasteiger partial charge in [0.15, 0.2) is 0 Å². The van der Waals surface area contributed by atoms with Gasteiger partial charge in [0.1, 0.15) is 5.69 Å². The zero-order valence-electron chi connectivity index (χ0n) is 14.9. The van der Waals surface area contributed by atoms with Gasteiger partial charge in [-0.15, -0.1) is 5.10 Å². The maximum absolute atomic E-state index is 12.8. The number of rotatable bonds is 8. The Morgan fingerprint density at radius 1 is 0.962 bits per heavy atom. The molecule has 3 rings (SSSR count). The Morgan fingerprint density at radius 3 is 2.23 bits per heavy atom. The van der Waals surface area contributed by atoms with Crippen molar-refractivity contribution in [3.05, 3.63) is 66.4 Å². The molecular formula is C19H22N3O3P. The number of benzene rings is 2. The minimum atomic E-state index is -3.26. The summed E-state index contributed by atoms with van der Waals surface area (Å²) in [5.41, 5.74) is 2.82. The molecule has 26 heavy (non-hydrogen) atoms. The molecule has 1 heterocycles. The molecule has 3 aromatic rings. The van der Waals surface area contributed by atoms with Gasteiger partial charge in [0.05, 0.1) is 31.3 Å². The normalized spacial score (nSPS) is 11.6. The zero-order valence-corrected chi connectivity index (χ0v) is 15.8. The molecule has 0 atom stereocenters. The third-order valence-corrected chi connectivity index (χ3v) is 5.93. The lowest BCUT2D eigenvalue weighted by atomic mass is 10.2. The van der Waals surface area contributed by atoms with E-state index in [-0.39, 0.29) is 0 Å². The van der Waals surface area contributed by atoms with E-state index in [1.165, 1.54) is 0 Å². The van der Waals surface area contributed by atoms with Gasteiger partial charge in [-0.1, -0.05) is 47.7 Å².